The van der Waals surface area contributed by atoms with Gasteiger partial charge in [0.1, 0.15) is 5.82 Å². The molecule has 1 atom stereocenters. The first-order valence-electron chi connectivity index (χ1n) is 3.96. The molecule has 1 aromatic rings. The molecule has 3 N–H and O–H groups in total. The maximum Gasteiger partial charge on any atom is 0.152 e. The highest BCUT2D eigenvalue weighted by molar-refractivity contribution is 4.98. The van der Waals surface area contributed by atoms with Crippen molar-refractivity contribution in [3.8, 4) is 0 Å². The van der Waals surface area contributed by atoms with Crippen LogP contribution in [0.3, 0.4) is 0 Å². The van der Waals surface area contributed by atoms with Gasteiger partial charge in [0.15, 0.2) is 5.82 Å². The van der Waals surface area contributed by atoms with Crippen molar-refractivity contribution >= 4 is 0 Å². The van der Waals surface area contributed by atoms with Crippen LogP contribution < -0.4 is 5.73 Å². The van der Waals surface area contributed by atoms with Crippen molar-refractivity contribution in [3.05, 3.63) is 11.6 Å². The largest absolute Gasteiger partial charge is 0.394 e. The van der Waals surface area contributed by atoms with E-state index in [0.29, 0.717) is 5.82 Å². The zero-order valence-electron chi connectivity index (χ0n) is 7.36. The molecule has 0 fully saturated rings. The molecule has 0 spiro atoms. The number of nitrogens with two attached hydrogens (primary N) is 1. The van der Waals surface area contributed by atoms with E-state index >= 15 is 0 Å². The third-order valence-corrected chi connectivity index (χ3v) is 1.81. The van der Waals surface area contributed by atoms with Gasteiger partial charge in [-0.15, -0.1) is 10.2 Å². The van der Waals surface area contributed by atoms with E-state index in [0.717, 1.165) is 12.4 Å². The monoisotopic (exact) mass is 170 g/mol. The molecule has 5 heteroatoms. The lowest BCUT2D eigenvalue weighted by molar-refractivity contribution is 0.260. The Morgan fingerprint density at radius 2 is 2.25 bits per heavy atom. The molecule has 12 heavy (non-hydrogen) atoms. The molecule has 1 heterocycles. The Balaban J connectivity index is 2.98. The highest BCUT2D eigenvalue weighted by Crippen LogP contribution is 2.08. The second kappa shape index (κ2) is 3.64. The van der Waals surface area contributed by atoms with Crippen LogP contribution in [0.5, 0.6) is 0 Å². The highest BCUT2D eigenvalue weighted by Gasteiger charge is 2.13. The minimum Gasteiger partial charge on any atom is -0.394 e. The van der Waals surface area contributed by atoms with Gasteiger partial charge in [0.05, 0.1) is 12.6 Å². The molecule has 0 radical (unpaired) electrons. The summed E-state index contributed by atoms with van der Waals surface area (Å²) in [5, 5.41) is 16.6. The van der Waals surface area contributed by atoms with Gasteiger partial charge in [-0.1, -0.05) is 0 Å². The SMILES string of the molecule is CCn1c(C)nnc1C(N)CO. The topological polar surface area (TPSA) is 77.0 Å². The summed E-state index contributed by atoms with van der Waals surface area (Å²) in [4.78, 5) is 0. The summed E-state index contributed by atoms with van der Waals surface area (Å²) in [5.74, 6) is 1.48. The van der Waals surface area contributed by atoms with E-state index in [4.69, 9.17) is 10.8 Å². The van der Waals surface area contributed by atoms with Gasteiger partial charge in [0, 0.05) is 6.54 Å². The van der Waals surface area contributed by atoms with Gasteiger partial charge in [-0.3, -0.25) is 0 Å². The quantitative estimate of drug-likeness (QED) is 0.647. The van der Waals surface area contributed by atoms with E-state index in [1.165, 1.54) is 0 Å². The second-order valence-corrected chi connectivity index (χ2v) is 2.64. The Bertz CT molecular complexity index is 258. The van der Waals surface area contributed by atoms with E-state index in [1.54, 1.807) is 0 Å². The molecular formula is C7H14N4O. The first kappa shape index (κ1) is 9.15. The maximum absolute atomic E-state index is 8.81. The Morgan fingerprint density at radius 1 is 1.58 bits per heavy atom. The number of hydrogen-bond donors (Lipinski definition) is 2. The minimum absolute atomic E-state index is 0.0991. The zero-order chi connectivity index (χ0) is 9.14. The second-order valence-electron chi connectivity index (χ2n) is 2.64. The summed E-state index contributed by atoms with van der Waals surface area (Å²) in [5.41, 5.74) is 5.61. The van der Waals surface area contributed by atoms with Crippen molar-refractivity contribution in [3.63, 3.8) is 0 Å². The van der Waals surface area contributed by atoms with Crippen LogP contribution in [-0.2, 0) is 6.54 Å². The summed E-state index contributed by atoms with van der Waals surface area (Å²) in [6.07, 6.45) is 0. The Hall–Kier alpha value is -0.940. The number of aryl methyl sites for hydroxylation is 1. The molecule has 0 aliphatic carbocycles. The molecule has 0 bridgehead atoms. The van der Waals surface area contributed by atoms with Crippen molar-refractivity contribution in [1.82, 2.24) is 14.8 Å². The molecule has 1 rings (SSSR count). The van der Waals surface area contributed by atoms with Crippen LogP contribution in [0, 0.1) is 6.92 Å². The maximum atomic E-state index is 8.81. The van der Waals surface area contributed by atoms with Crippen LogP contribution >= 0.6 is 0 Å². The van der Waals surface area contributed by atoms with E-state index < -0.39 is 6.04 Å². The number of aliphatic hydroxyl groups is 1. The average Bonchev–Trinajstić information content (AvgIpc) is 2.45. The first-order chi connectivity index (χ1) is 5.70. The zero-order valence-corrected chi connectivity index (χ0v) is 7.36. The van der Waals surface area contributed by atoms with Gasteiger partial charge in [0.25, 0.3) is 0 Å². The lowest BCUT2D eigenvalue weighted by Gasteiger charge is -2.09. The third-order valence-electron chi connectivity index (χ3n) is 1.81. The molecule has 0 amide bonds. The first-order valence-corrected chi connectivity index (χ1v) is 3.96. The molecule has 0 saturated carbocycles. The molecule has 5 nitrogen and oxygen atoms in total. The van der Waals surface area contributed by atoms with E-state index in [9.17, 15) is 0 Å². The molecule has 0 aliphatic rings. The fourth-order valence-corrected chi connectivity index (χ4v) is 1.14. The van der Waals surface area contributed by atoms with Gasteiger partial charge in [-0.05, 0) is 13.8 Å². The molecular weight excluding hydrogens is 156 g/mol. The van der Waals surface area contributed by atoms with Crippen LogP contribution in [0.1, 0.15) is 24.6 Å². The van der Waals surface area contributed by atoms with Gasteiger partial charge < -0.3 is 15.4 Å². The molecule has 68 valence electrons. The standard InChI is InChI=1S/C7H14N4O/c1-3-11-5(2)9-10-7(11)6(8)4-12/h6,12H,3-4,8H2,1-2H3. The summed E-state index contributed by atoms with van der Waals surface area (Å²) < 4.78 is 1.89. The number of aliphatic hydroxyl groups excluding tert-OH is 1. The summed E-state index contributed by atoms with van der Waals surface area (Å²) >= 11 is 0. The van der Waals surface area contributed by atoms with Crippen molar-refractivity contribution in [2.24, 2.45) is 5.73 Å². The van der Waals surface area contributed by atoms with Crippen LogP contribution in [0.25, 0.3) is 0 Å². The van der Waals surface area contributed by atoms with Crippen LogP contribution in [0.2, 0.25) is 0 Å². The molecule has 1 unspecified atom stereocenters. The van der Waals surface area contributed by atoms with Crippen molar-refractivity contribution in [2.45, 2.75) is 26.4 Å². The molecule has 0 aliphatic heterocycles. The number of hydrogen-bond acceptors (Lipinski definition) is 4. The fourth-order valence-electron chi connectivity index (χ4n) is 1.14. The van der Waals surface area contributed by atoms with Gasteiger partial charge >= 0.3 is 0 Å². The van der Waals surface area contributed by atoms with Crippen LogP contribution in [-0.4, -0.2) is 26.5 Å². The molecule has 0 saturated heterocycles. The summed E-state index contributed by atoms with van der Waals surface area (Å²) in [6.45, 7) is 4.54. The Morgan fingerprint density at radius 3 is 2.75 bits per heavy atom. The van der Waals surface area contributed by atoms with Crippen molar-refractivity contribution < 1.29 is 5.11 Å². The molecule has 1 aromatic heterocycles. The van der Waals surface area contributed by atoms with Gasteiger partial charge in [-0.2, -0.15) is 0 Å². The number of nitrogens with zero attached hydrogens (tertiary/aromatic N) is 3. The van der Waals surface area contributed by atoms with E-state index in [1.807, 2.05) is 18.4 Å². The number of aromatic nitrogens is 3. The van der Waals surface area contributed by atoms with Crippen LogP contribution in [0.4, 0.5) is 0 Å². The fraction of sp³-hybridized carbons (Fsp3) is 0.714. The van der Waals surface area contributed by atoms with E-state index in [-0.39, 0.29) is 6.61 Å². The highest BCUT2D eigenvalue weighted by atomic mass is 16.3. The van der Waals surface area contributed by atoms with Crippen LogP contribution in [0.15, 0.2) is 0 Å². The Labute approximate surface area is 71.2 Å². The molecule has 0 aromatic carbocycles. The lowest BCUT2D eigenvalue weighted by atomic mass is 10.3. The normalized spacial score (nSPS) is 13.3. The summed E-state index contributed by atoms with van der Waals surface area (Å²) in [6, 6.07) is -0.425. The number of rotatable bonds is 3. The van der Waals surface area contributed by atoms with Crippen molar-refractivity contribution in [2.75, 3.05) is 6.61 Å². The Kier molecular flexibility index (Phi) is 2.78. The average molecular weight is 170 g/mol. The van der Waals surface area contributed by atoms with Crippen molar-refractivity contribution in [1.29, 1.82) is 0 Å². The predicted octanol–water partition coefficient (Wildman–Crippen LogP) is -0.401. The van der Waals surface area contributed by atoms with Gasteiger partial charge in [0.2, 0.25) is 0 Å². The van der Waals surface area contributed by atoms with Gasteiger partial charge in [-0.25, -0.2) is 0 Å². The lowest BCUT2D eigenvalue weighted by Crippen LogP contribution is -2.20. The minimum atomic E-state index is -0.425. The smallest absolute Gasteiger partial charge is 0.152 e. The third kappa shape index (κ3) is 1.46. The summed E-state index contributed by atoms with van der Waals surface area (Å²) in [7, 11) is 0. The predicted molar refractivity (Wildman–Crippen MR) is 44.4 cm³/mol. The van der Waals surface area contributed by atoms with E-state index in [2.05, 4.69) is 10.2 Å².